The van der Waals surface area contributed by atoms with Gasteiger partial charge >= 0.3 is 5.97 Å². The van der Waals surface area contributed by atoms with Gasteiger partial charge in [-0.2, -0.15) is 0 Å². The molecule has 3 heteroatoms. The summed E-state index contributed by atoms with van der Waals surface area (Å²) in [5, 5.41) is 0. The highest BCUT2D eigenvalue weighted by atomic mass is 16.5. The molecule has 1 aromatic rings. The van der Waals surface area contributed by atoms with Crippen LogP contribution in [0.15, 0.2) is 24.3 Å². The quantitative estimate of drug-likeness (QED) is 0.696. The molecule has 3 rings (SSSR count). The molecular weight excluding hydrogens is 216 g/mol. The molecule has 0 aromatic heterocycles. The van der Waals surface area contributed by atoms with E-state index < -0.39 is 0 Å². The molecule has 0 N–H and O–H groups in total. The first-order chi connectivity index (χ1) is 8.27. The van der Waals surface area contributed by atoms with Gasteiger partial charge in [-0.15, -0.1) is 0 Å². The standard InChI is InChI=1S/C14H14O3/c15-12-8-4-3-7-11(12)13-9-5-1-2-6-10(9)14(16)17-13/h1-2,5-6,11,13H,3-4,7-8H2. The third kappa shape index (κ3) is 1.66. The second-order valence-electron chi connectivity index (χ2n) is 4.73. The van der Waals surface area contributed by atoms with Gasteiger partial charge in [0.25, 0.3) is 0 Å². The molecular formula is C14H14O3. The molecule has 1 aliphatic carbocycles. The first-order valence-corrected chi connectivity index (χ1v) is 6.10. The number of fused-ring (bicyclic) bond motifs is 1. The Bertz CT molecular complexity index is 478. The molecule has 1 fully saturated rings. The number of cyclic esters (lactones) is 1. The number of ketones is 1. The van der Waals surface area contributed by atoms with Crippen molar-refractivity contribution in [3.05, 3.63) is 35.4 Å². The molecule has 1 aromatic carbocycles. The lowest BCUT2D eigenvalue weighted by Gasteiger charge is -2.25. The monoisotopic (exact) mass is 230 g/mol. The second kappa shape index (κ2) is 3.99. The minimum absolute atomic E-state index is 0.128. The largest absolute Gasteiger partial charge is 0.453 e. The van der Waals surface area contributed by atoms with Gasteiger partial charge in [-0.05, 0) is 18.9 Å². The zero-order chi connectivity index (χ0) is 11.8. The van der Waals surface area contributed by atoms with E-state index in [1.54, 1.807) is 6.07 Å². The van der Waals surface area contributed by atoms with E-state index in [1.165, 1.54) is 0 Å². The number of carbonyl (C=O) groups is 2. The van der Waals surface area contributed by atoms with Crippen molar-refractivity contribution in [2.45, 2.75) is 31.8 Å². The Hall–Kier alpha value is -1.64. The lowest BCUT2D eigenvalue weighted by molar-refractivity contribution is -0.128. The predicted octanol–water partition coefficient (Wildman–Crippen LogP) is 2.66. The van der Waals surface area contributed by atoms with Crippen LogP contribution in [0.4, 0.5) is 0 Å². The molecule has 1 heterocycles. The van der Waals surface area contributed by atoms with Crippen molar-refractivity contribution in [2.75, 3.05) is 0 Å². The summed E-state index contributed by atoms with van der Waals surface area (Å²) in [6.07, 6.45) is 3.14. The van der Waals surface area contributed by atoms with Crippen molar-refractivity contribution >= 4 is 11.8 Å². The number of Topliss-reactive ketones (excluding diaryl/α,β-unsaturated/α-hetero) is 1. The molecule has 0 bridgehead atoms. The van der Waals surface area contributed by atoms with Crippen LogP contribution in [0.5, 0.6) is 0 Å². The van der Waals surface area contributed by atoms with Crippen LogP contribution in [-0.2, 0) is 9.53 Å². The summed E-state index contributed by atoms with van der Waals surface area (Å²) < 4.78 is 5.38. The SMILES string of the molecule is O=C1OC(C2CCCCC2=O)c2ccccc21. The Balaban J connectivity index is 1.95. The topological polar surface area (TPSA) is 43.4 Å². The number of hydrogen-bond acceptors (Lipinski definition) is 3. The Morgan fingerprint density at radius 1 is 1.12 bits per heavy atom. The minimum atomic E-state index is -0.341. The summed E-state index contributed by atoms with van der Waals surface area (Å²) in [7, 11) is 0. The van der Waals surface area contributed by atoms with Crippen molar-refractivity contribution in [3.8, 4) is 0 Å². The van der Waals surface area contributed by atoms with Crippen LogP contribution in [0.1, 0.15) is 47.7 Å². The van der Waals surface area contributed by atoms with Crippen LogP contribution in [0.25, 0.3) is 0 Å². The fourth-order valence-electron chi connectivity index (χ4n) is 2.80. The van der Waals surface area contributed by atoms with Crippen LogP contribution >= 0.6 is 0 Å². The van der Waals surface area contributed by atoms with Gasteiger partial charge in [-0.25, -0.2) is 4.79 Å². The van der Waals surface area contributed by atoms with Crippen molar-refractivity contribution in [3.63, 3.8) is 0 Å². The maximum atomic E-state index is 11.9. The van der Waals surface area contributed by atoms with Gasteiger partial charge < -0.3 is 4.74 Å². The zero-order valence-corrected chi connectivity index (χ0v) is 9.52. The van der Waals surface area contributed by atoms with Gasteiger partial charge in [0.2, 0.25) is 0 Å². The van der Waals surface area contributed by atoms with E-state index in [1.807, 2.05) is 18.2 Å². The van der Waals surface area contributed by atoms with Crippen molar-refractivity contribution in [2.24, 2.45) is 5.92 Å². The normalized spacial score (nSPS) is 27.8. The van der Waals surface area contributed by atoms with Gasteiger partial charge in [0.05, 0.1) is 11.5 Å². The van der Waals surface area contributed by atoms with E-state index in [0.717, 1.165) is 24.8 Å². The Morgan fingerprint density at radius 3 is 2.76 bits per heavy atom. The maximum Gasteiger partial charge on any atom is 0.339 e. The van der Waals surface area contributed by atoms with E-state index in [2.05, 4.69) is 0 Å². The van der Waals surface area contributed by atoms with Crippen LogP contribution in [0.2, 0.25) is 0 Å². The number of rotatable bonds is 1. The summed E-state index contributed by atoms with van der Waals surface area (Å²) in [6.45, 7) is 0. The number of hydrogen-bond donors (Lipinski definition) is 0. The van der Waals surface area contributed by atoms with E-state index in [4.69, 9.17) is 4.74 Å². The van der Waals surface area contributed by atoms with Crippen molar-refractivity contribution in [1.29, 1.82) is 0 Å². The van der Waals surface area contributed by atoms with Gasteiger partial charge in [-0.1, -0.05) is 24.6 Å². The lowest BCUT2D eigenvalue weighted by Crippen LogP contribution is -2.25. The molecule has 17 heavy (non-hydrogen) atoms. The molecule has 88 valence electrons. The van der Waals surface area contributed by atoms with Gasteiger partial charge in [0, 0.05) is 12.0 Å². The predicted molar refractivity (Wildman–Crippen MR) is 61.6 cm³/mol. The third-order valence-corrected chi connectivity index (χ3v) is 3.69. The Labute approximate surface area is 99.8 Å². The molecule has 2 unspecified atom stereocenters. The zero-order valence-electron chi connectivity index (χ0n) is 9.52. The highest BCUT2D eigenvalue weighted by Gasteiger charge is 2.40. The highest BCUT2D eigenvalue weighted by Crippen LogP contribution is 2.40. The highest BCUT2D eigenvalue weighted by molar-refractivity contribution is 5.95. The maximum absolute atomic E-state index is 11.9. The number of benzene rings is 1. The molecule has 3 nitrogen and oxygen atoms in total. The summed E-state index contributed by atoms with van der Waals surface area (Å²) in [5.74, 6) is -0.175. The smallest absolute Gasteiger partial charge is 0.339 e. The molecule has 0 amide bonds. The fourth-order valence-corrected chi connectivity index (χ4v) is 2.80. The first-order valence-electron chi connectivity index (χ1n) is 6.10. The molecule has 1 saturated carbocycles. The Morgan fingerprint density at radius 2 is 1.94 bits per heavy atom. The average Bonchev–Trinajstić information content (AvgIpc) is 2.68. The summed E-state index contributed by atoms with van der Waals surface area (Å²) in [5.41, 5.74) is 1.51. The van der Waals surface area contributed by atoms with Crippen LogP contribution in [-0.4, -0.2) is 11.8 Å². The van der Waals surface area contributed by atoms with Crippen LogP contribution in [0.3, 0.4) is 0 Å². The van der Waals surface area contributed by atoms with E-state index in [9.17, 15) is 9.59 Å². The minimum Gasteiger partial charge on any atom is -0.453 e. The number of esters is 1. The van der Waals surface area contributed by atoms with Crippen molar-refractivity contribution < 1.29 is 14.3 Å². The van der Waals surface area contributed by atoms with Crippen molar-refractivity contribution in [1.82, 2.24) is 0 Å². The molecule has 0 saturated heterocycles. The molecule has 2 atom stereocenters. The average molecular weight is 230 g/mol. The number of ether oxygens (including phenoxy) is 1. The third-order valence-electron chi connectivity index (χ3n) is 3.69. The number of carbonyl (C=O) groups excluding carboxylic acids is 2. The Kier molecular flexibility index (Phi) is 2.46. The van der Waals surface area contributed by atoms with Gasteiger partial charge in [-0.3, -0.25) is 4.79 Å². The molecule has 0 spiro atoms. The molecule has 1 aliphatic heterocycles. The first kappa shape index (κ1) is 10.5. The van der Waals surface area contributed by atoms with E-state index in [0.29, 0.717) is 12.0 Å². The van der Waals surface area contributed by atoms with Gasteiger partial charge in [0.1, 0.15) is 11.9 Å². The van der Waals surface area contributed by atoms with E-state index >= 15 is 0 Å². The molecule has 0 radical (unpaired) electrons. The molecule has 2 aliphatic rings. The summed E-state index contributed by atoms with van der Waals surface area (Å²) >= 11 is 0. The van der Waals surface area contributed by atoms with Gasteiger partial charge in [0.15, 0.2) is 0 Å². The fraction of sp³-hybridized carbons (Fsp3) is 0.429. The summed E-state index contributed by atoms with van der Waals surface area (Å²) in [4.78, 5) is 23.6. The lowest BCUT2D eigenvalue weighted by atomic mass is 9.81. The van der Waals surface area contributed by atoms with E-state index in [-0.39, 0.29) is 23.8 Å². The summed E-state index contributed by atoms with van der Waals surface area (Å²) in [6, 6.07) is 7.38. The van der Waals surface area contributed by atoms with Crippen LogP contribution < -0.4 is 0 Å². The second-order valence-corrected chi connectivity index (χ2v) is 4.73. The van der Waals surface area contributed by atoms with Crippen LogP contribution in [0, 0.1) is 5.92 Å².